The Morgan fingerprint density at radius 1 is 1.11 bits per heavy atom. The fraction of sp³-hybridized carbons (Fsp3) is 0.294. The van der Waals surface area contributed by atoms with Gasteiger partial charge in [-0.2, -0.15) is 0 Å². The van der Waals surface area contributed by atoms with E-state index in [0.717, 1.165) is 17.6 Å². The van der Waals surface area contributed by atoms with Gasteiger partial charge in [-0.1, -0.05) is 45.8 Å². The molecule has 0 bridgehead atoms. The van der Waals surface area contributed by atoms with Gasteiger partial charge in [0.05, 0.1) is 0 Å². The molecule has 0 unspecified atom stereocenters. The van der Waals surface area contributed by atoms with Crippen LogP contribution in [-0.4, -0.2) is 6.54 Å². The Kier molecular flexibility index (Phi) is 3.61. The minimum absolute atomic E-state index is 1.00. The monoisotopic (exact) mass is 315 g/mol. The smallest absolute Gasteiger partial charge is 0.0429 e. The van der Waals surface area contributed by atoms with Crippen LogP contribution in [0.25, 0.3) is 0 Å². The predicted octanol–water partition coefficient (Wildman–Crippen LogP) is 4.71. The maximum absolute atomic E-state index is 3.49. The number of halogens is 1. The maximum atomic E-state index is 3.49. The van der Waals surface area contributed by atoms with Crippen molar-refractivity contribution in [2.24, 2.45) is 0 Å². The van der Waals surface area contributed by atoms with Crippen LogP contribution in [0.5, 0.6) is 0 Å². The molecule has 2 aromatic rings. The minimum Gasteiger partial charge on any atom is -0.367 e. The van der Waals surface area contributed by atoms with Gasteiger partial charge in [0.15, 0.2) is 0 Å². The van der Waals surface area contributed by atoms with Gasteiger partial charge in [0, 0.05) is 23.2 Å². The van der Waals surface area contributed by atoms with Gasteiger partial charge < -0.3 is 4.90 Å². The Hall–Kier alpha value is -1.28. The molecule has 1 aliphatic heterocycles. The molecule has 0 N–H and O–H groups in total. The van der Waals surface area contributed by atoms with Crippen LogP contribution in [0.3, 0.4) is 0 Å². The summed E-state index contributed by atoms with van der Waals surface area (Å²) in [5, 5.41) is 0. The second-order valence-electron chi connectivity index (χ2n) is 5.28. The molecule has 0 amide bonds. The Morgan fingerprint density at radius 2 is 1.89 bits per heavy atom. The minimum atomic E-state index is 1.00. The lowest BCUT2D eigenvalue weighted by molar-refractivity contribution is 0.690. The zero-order valence-electron chi connectivity index (χ0n) is 11.2. The molecular formula is C17H18BrN. The quantitative estimate of drug-likeness (QED) is 0.775. The van der Waals surface area contributed by atoms with E-state index in [9.17, 15) is 0 Å². The number of hydrogen-bond donors (Lipinski definition) is 0. The van der Waals surface area contributed by atoms with Gasteiger partial charge in [0.25, 0.3) is 0 Å². The van der Waals surface area contributed by atoms with Crippen molar-refractivity contribution in [1.29, 1.82) is 0 Å². The number of fused-ring (bicyclic) bond motifs is 1. The SMILES string of the molecule is Cc1ccc2c(c1)CCCN2Cc1ccc(Br)cc1. The summed E-state index contributed by atoms with van der Waals surface area (Å²) in [5.74, 6) is 0. The van der Waals surface area contributed by atoms with Crippen LogP contribution < -0.4 is 4.90 Å². The second-order valence-corrected chi connectivity index (χ2v) is 6.20. The van der Waals surface area contributed by atoms with E-state index in [2.05, 4.69) is 70.2 Å². The molecule has 0 radical (unpaired) electrons. The van der Waals surface area contributed by atoms with E-state index in [-0.39, 0.29) is 0 Å². The zero-order chi connectivity index (χ0) is 13.2. The van der Waals surface area contributed by atoms with Crippen LogP contribution in [0, 0.1) is 6.92 Å². The van der Waals surface area contributed by atoms with E-state index in [1.807, 2.05) is 0 Å². The van der Waals surface area contributed by atoms with Gasteiger partial charge in [0.1, 0.15) is 0 Å². The summed E-state index contributed by atoms with van der Waals surface area (Å²) in [7, 11) is 0. The highest BCUT2D eigenvalue weighted by atomic mass is 79.9. The summed E-state index contributed by atoms with van der Waals surface area (Å²) in [4.78, 5) is 2.50. The number of benzene rings is 2. The van der Waals surface area contributed by atoms with Crippen molar-refractivity contribution in [3.05, 3.63) is 63.6 Å². The third-order valence-electron chi connectivity index (χ3n) is 3.74. The Balaban J connectivity index is 1.85. The fourth-order valence-corrected chi connectivity index (χ4v) is 3.04. The van der Waals surface area contributed by atoms with Gasteiger partial charge in [-0.15, -0.1) is 0 Å². The standard InChI is InChI=1S/C17H18BrN/c1-13-4-9-17-15(11-13)3-2-10-19(17)12-14-5-7-16(18)8-6-14/h4-9,11H,2-3,10,12H2,1H3. The second kappa shape index (κ2) is 5.38. The van der Waals surface area contributed by atoms with Crippen molar-refractivity contribution < 1.29 is 0 Å². The summed E-state index contributed by atoms with van der Waals surface area (Å²) < 4.78 is 1.14. The highest BCUT2D eigenvalue weighted by molar-refractivity contribution is 9.10. The third kappa shape index (κ3) is 2.84. The van der Waals surface area contributed by atoms with Crippen molar-refractivity contribution in [2.75, 3.05) is 11.4 Å². The van der Waals surface area contributed by atoms with Gasteiger partial charge in [0.2, 0.25) is 0 Å². The highest BCUT2D eigenvalue weighted by Gasteiger charge is 2.16. The third-order valence-corrected chi connectivity index (χ3v) is 4.27. The molecule has 0 atom stereocenters. The molecule has 3 rings (SSSR count). The van der Waals surface area contributed by atoms with Crippen molar-refractivity contribution in [1.82, 2.24) is 0 Å². The van der Waals surface area contributed by atoms with E-state index in [1.165, 1.54) is 35.2 Å². The lowest BCUT2D eigenvalue weighted by atomic mass is 9.99. The molecule has 0 saturated carbocycles. The van der Waals surface area contributed by atoms with E-state index < -0.39 is 0 Å². The van der Waals surface area contributed by atoms with E-state index >= 15 is 0 Å². The summed E-state index contributed by atoms with van der Waals surface area (Å²) in [6, 6.07) is 15.5. The number of anilines is 1. The highest BCUT2D eigenvalue weighted by Crippen LogP contribution is 2.29. The molecule has 19 heavy (non-hydrogen) atoms. The first-order chi connectivity index (χ1) is 9.22. The number of nitrogens with zero attached hydrogens (tertiary/aromatic N) is 1. The van der Waals surface area contributed by atoms with Crippen LogP contribution in [0.2, 0.25) is 0 Å². The molecule has 0 aromatic heterocycles. The Bertz CT molecular complexity index is 574. The average molecular weight is 316 g/mol. The summed E-state index contributed by atoms with van der Waals surface area (Å²) in [6.45, 7) is 4.34. The lowest BCUT2D eigenvalue weighted by Crippen LogP contribution is -2.28. The topological polar surface area (TPSA) is 3.24 Å². The number of aryl methyl sites for hydroxylation is 2. The predicted molar refractivity (Wildman–Crippen MR) is 84.7 cm³/mol. The van der Waals surface area contributed by atoms with Crippen LogP contribution in [0.1, 0.15) is 23.1 Å². The molecule has 1 nitrogen and oxygen atoms in total. The Labute approximate surface area is 123 Å². The normalized spacial score (nSPS) is 14.3. The maximum Gasteiger partial charge on any atom is 0.0429 e. The van der Waals surface area contributed by atoms with E-state index in [0.29, 0.717) is 0 Å². The van der Waals surface area contributed by atoms with Gasteiger partial charge in [-0.25, -0.2) is 0 Å². The number of rotatable bonds is 2. The van der Waals surface area contributed by atoms with Gasteiger partial charge in [-0.3, -0.25) is 0 Å². The van der Waals surface area contributed by atoms with Crippen LogP contribution in [-0.2, 0) is 13.0 Å². The van der Waals surface area contributed by atoms with Crippen molar-refractivity contribution in [3.63, 3.8) is 0 Å². The molecule has 0 fully saturated rings. The molecule has 2 heteroatoms. The van der Waals surface area contributed by atoms with Crippen LogP contribution in [0.4, 0.5) is 5.69 Å². The molecule has 98 valence electrons. The van der Waals surface area contributed by atoms with E-state index in [1.54, 1.807) is 0 Å². The largest absolute Gasteiger partial charge is 0.367 e. The van der Waals surface area contributed by atoms with Crippen molar-refractivity contribution >= 4 is 21.6 Å². The first kappa shape index (κ1) is 12.7. The summed E-state index contributed by atoms with van der Waals surface area (Å²) in [6.07, 6.45) is 2.47. The van der Waals surface area contributed by atoms with Crippen LogP contribution in [0.15, 0.2) is 46.9 Å². The first-order valence-electron chi connectivity index (χ1n) is 6.81. The molecule has 2 aromatic carbocycles. The number of hydrogen-bond acceptors (Lipinski definition) is 1. The molecular weight excluding hydrogens is 298 g/mol. The Morgan fingerprint density at radius 3 is 2.68 bits per heavy atom. The summed E-state index contributed by atoms with van der Waals surface area (Å²) in [5.41, 5.74) is 5.66. The van der Waals surface area contributed by atoms with Gasteiger partial charge >= 0.3 is 0 Å². The van der Waals surface area contributed by atoms with Crippen molar-refractivity contribution in [2.45, 2.75) is 26.3 Å². The van der Waals surface area contributed by atoms with Crippen LogP contribution >= 0.6 is 15.9 Å². The molecule has 0 aliphatic carbocycles. The average Bonchev–Trinajstić information content (AvgIpc) is 2.41. The summed E-state index contributed by atoms with van der Waals surface area (Å²) >= 11 is 3.49. The van der Waals surface area contributed by atoms with Crippen molar-refractivity contribution in [3.8, 4) is 0 Å². The lowest BCUT2D eigenvalue weighted by Gasteiger charge is -2.31. The molecule has 0 spiro atoms. The first-order valence-corrected chi connectivity index (χ1v) is 7.60. The van der Waals surface area contributed by atoms with Gasteiger partial charge in [-0.05, 0) is 49.1 Å². The van der Waals surface area contributed by atoms with E-state index in [4.69, 9.17) is 0 Å². The zero-order valence-corrected chi connectivity index (χ0v) is 12.8. The molecule has 0 saturated heterocycles. The molecule has 1 aliphatic rings. The molecule has 1 heterocycles. The fourth-order valence-electron chi connectivity index (χ4n) is 2.78.